The Balaban J connectivity index is 2.58. The fourth-order valence-electron chi connectivity index (χ4n) is 2.79. The predicted octanol–water partition coefficient (Wildman–Crippen LogP) is 1.81. The first-order chi connectivity index (χ1) is 7.88. The Morgan fingerprint density at radius 2 is 1.82 bits per heavy atom. The Morgan fingerprint density at radius 1 is 1.18 bits per heavy atom. The highest BCUT2D eigenvalue weighted by molar-refractivity contribution is 4.96. The minimum Gasteiger partial charge on any atom is -0.391 e. The number of aliphatic hydroxyl groups is 1. The minimum absolute atomic E-state index is 0.0920. The van der Waals surface area contributed by atoms with Gasteiger partial charge in [-0.2, -0.15) is 0 Å². The zero-order chi connectivity index (χ0) is 13.1. The van der Waals surface area contributed by atoms with Crippen LogP contribution in [-0.4, -0.2) is 60.8 Å². The summed E-state index contributed by atoms with van der Waals surface area (Å²) in [4.78, 5) is 4.70. The van der Waals surface area contributed by atoms with E-state index in [1.165, 1.54) is 0 Å². The maximum absolute atomic E-state index is 10.4. The molecule has 0 spiro atoms. The first-order valence-electron chi connectivity index (χ1n) is 6.95. The van der Waals surface area contributed by atoms with E-state index in [9.17, 15) is 5.11 Å². The van der Waals surface area contributed by atoms with Crippen LogP contribution in [0.1, 0.15) is 40.0 Å². The molecule has 0 aromatic carbocycles. The molecule has 0 saturated heterocycles. The molecule has 3 nitrogen and oxygen atoms in total. The van der Waals surface area contributed by atoms with Gasteiger partial charge in [0.2, 0.25) is 0 Å². The normalized spacial score (nSPS) is 28.2. The Hall–Kier alpha value is -0.120. The van der Waals surface area contributed by atoms with E-state index in [1.807, 2.05) is 0 Å². The lowest BCUT2D eigenvalue weighted by Crippen LogP contribution is -2.46. The van der Waals surface area contributed by atoms with Crippen LogP contribution in [0.15, 0.2) is 0 Å². The first kappa shape index (κ1) is 14.9. The second kappa shape index (κ2) is 6.17. The Labute approximate surface area is 107 Å². The molecule has 0 aromatic heterocycles. The second-order valence-corrected chi connectivity index (χ2v) is 6.38. The number of aliphatic hydroxyl groups excluding tert-OH is 1. The highest BCUT2D eigenvalue weighted by Gasteiger charge is 2.42. The standard InChI is InChI=1S/C14H30N2O/c1-6-9-16(11-10-15(4)5)12-7-8-14(2,3)13(12)17/h12-13,17H,6-11H2,1-5H3. The van der Waals surface area contributed by atoms with Crippen LogP contribution in [0.5, 0.6) is 0 Å². The van der Waals surface area contributed by atoms with Crippen LogP contribution in [0, 0.1) is 5.41 Å². The molecule has 2 atom stereocenters. The number of hydrogen-bond acceptors (Lipinski definition) is 3. The molecular formula is C14H30N2O. The van der Waals surface area contributed by atoms with Crippen molar-refractivity contribution in [1.82, 2.24) is 9.80 Å². The van der Waals surface area contributed by atoms with E-state index >= 15 is 0 Å². The van der Waals surface area contributed by atoms with E-state index in [4.69, 9.17) is 0 Å². The van der Waals surface area contributed by atoms with Gasteiger partial charge in [0.1, 0.15) is 0 Å². The van der Waals surface area contributed by atoms with Crippen molar-refractivity contribution in [3.05, 3.63) is 0 Å². The molecule has 2 unspecified atom stereocenters. The lowest BCUT2D eigenvalue weighted by Gasteiger charge is -2.34. The van der Waals surface area contributed by atoms with Gasteiger partial charge in [0.05, 0.1) is 6.10 Å². The van der Waals surface area contributed by atoms with Gasteiger partial charge in [0.25, 0.3) is 0 Å². The molecule has 1 saturated carbocycles. The number of likely N-dealkylation sites (N-methyl/N-ethyl adjacent to an activating group) is 1. The van der Waals surface area contributed by atoms with Crippen molar-refractivity contribution in [1.29, 1.82) is 0 Å². The van der Waals surface area contributed by atoms with Gasteiger partial charge < -0.3 is 10.0 Å². The fourth-order valence-corrected chi connectivity index (χ4v) is 2.79. The van der Waals surface area contributed by atoms with Crippen LogP contribution in [-0.2, 0) is 0 Å². The van der Waals surface area contributed by atoms with Gasteiger partial charge in [0, 0.05) is 19.1 Å². The van der Waals surface area contributed by atoms with Gasteiger partial charge in [-0.25, -0.2) is 0 Å². The third-order valence-electron chi connectivity index (χ3n) is 4.06. The Morgan fingerprint density at radius 3 is 2.24 bits per heavy atom. The Bertz CT molecular complexity index is 228. The average Bonchev–Trinajstić information content (AvgIpc) is 2.50. The molecule has 1 aliphatic rings. The summed E-state index contributed by atoms with van der Waals surface area (Å²) in [6, 6.07) is 0.366. The second-order valence-electron chi connectivity index (χ2n) is 6.38. The lowest BCUT2D eigenvalue weighted by molar-refractivity contribution is 0.0128. The number of hydrogen-bond donors (Lipinski definition) is 1. The van der Waals surface area contributed by atoms with Gasteiger partial charge >= 0.3 is 0 Å². The molecule has 102 valence electrons. The predicted molar refractivity (Wildman–Crippen MR) is 73.2 cm³/mol. The smallest absolute Gasteiger partial charge is 0.0746 e. The van der Waals surface area contributed by atoms with E-state index in [0.29, 0.717) is 6.04 Å². The van der Waals surface area contributed by atoms with Gasteiger partial charge in [-0.15, -0.1) is 0 Å². The molecule has 1 aliphatic carbocycles. The third-order valence-corrected chi connectivity index (χ3v) is 4.06. The summed E-state index contributed by atoms with van der Waals surface area (Å²) in [6.45, 7) is 9.84. The van der Waals surface area contributed by atoms with Gasteiger partial charge in [-0.05, 0) is 45.3 Å². The molecular weight excluding hydrogens is 212 g/mol. The third kappa shape index (κ3) is 3.94. The highest BCUT2D eigenvalue weighted by atomic mass is 16.3. The van der Waals surface area contributed by atoms with E-state index in [0.717, 1.165) is 38.9 Å². The molecule has 0 aliphatic heterocycles. The molecule has 0 amide bonds. The van der Waals surface area contributed by atoms with Gasteiger partial charge in [-0.1, -0.05) is 20.8 Å². The molecule has 0 radical (unpaired) electrons. The first-order valence-corrected chi connectivity index (χ1v) is 6.95. The summed E-state index contributed by atoms with van der Waals surface area (Å²) in [6.07, 6.45) is 3.27. The summed E-state index contributed by atoms with van der Waals surface area (Å²) in [7, 11) is 4.22. The molecule has 1 N–H and O–H groups in total. The maximum atomic E-state index is 10.4. The minimum atomic E-state index is -0.170. The van der Waals surface area contributed by atoms with Crippen molar-refractivity contribution in [3.63, 3.8) is 0 Å². The quantitative estimate of drug-likeness (QED) is 0.769. The van der Waals surface area contributed by atoms with Crippen LogP contribution in [0.2, 0.25) is 0 Å². The summed E-state index contributed by atoms with van der Waals surface area (Å²) < 4.78 is 0. The van der Waals surface area contributed by atoms with Crippen molar-refractivity contribution in [2.24, 2.45) is 5.41 Å². The van der Waals surface area contributed by atoms with Crippen molar-refractivity contribution < 1.29 is 5.11 Å². The SMILES string of the molecule is CCCN(CCN(C)C)C1CCC(C)(C)C1O. The molecule has 0 aromatic rings. The van der Waals surface area contributed by atoms with Crippen molar-refractivity contribution in [2.45, 2.75) is 52.2 Å². The van der Waals surface area contributed by atoms with E-state index < -0.39 is 0 Å². The topological polar surface area (TPSA) is 26.7 Å². The van der Waals surface area contributed by atoms with E-state index in [2.05, 4.69) is 44.7 Å². The summed E-state index contributed by atoms with van der Waals surface area (Å²) in [5, 5.41) is 10.4. The van der Waals surface area contributed by atoms with E-state index in [-0.39, 0.29) is 11.5 Å². The van der Waals surface area contributed by atoms with Crippen LogP contribution < -0.4 is 0 Å². The maximum Gasteiger partial charge on any atom is 0.0746 e. The zero-order valence-corrected chi connectivity index (χ0v) is 12.2. The van der Waals surface area contributed by atoms with Crippen LogP contribution >= 0.6 is 0 Å². The summed E-state index contributed by atoms with van der Waals surface area (Å²) in [5.41, 5.74) is 0.0920. The molecule has 0 bridgehead atoms. The van der Waals surface area contributed by atoms with Crippen molar-refractivity contribution in [2.75, 3.05) is 33.7 Å². The summed E-state index contributed by atoms with van der Waals surface area (Å²) in [5.74, 6) is 0. The van der Waals surface area contributed by atoms with Gasteiger partial charge in [0.15, 0.2) is 0 Å². The number of nitrogens with zero attached hydrogens (tertiary/aromatic N) is 2. The molecule has 17 heavy (non-hydrogen) atoms. The summed E-state index contributed by atoms with van der Waals surface area (Å²) >= 11 is 0. The van der Waals surface area contributed by atoms with Crippen LogP contribution in [0.3, 0.4) is 0 Å². The molecule has 3 heteroatoms. The van der Waals surface area contributed by atoms with Crippen LogP contribution in [0.25, 0.3) is 0 Å². The highest BCUT2D eigenvalue weighted by Crippen LogP contribution is 2.39. The lowest BCUT2D eigenvalue weighted by atomic mass is 9.88. The van der Waals surface area contributed by atoms with Crippen LogP contribution in [0.4, 0.5) is 0 Å². The molecule has 1 fully saturated rings. The monoisotopic (exact) mass is 242 g/mol. The fraction of sp³-hybridized carbons (Fsp3) is 1.00. The number of rotatable bonds is 6. The van der Waals surface area contributed by atoms with Crippen molar-refractivity contribution >= 4 is 0 Å². The molecule has 0 heterocycles. The molecule has 1 rings (SSSR count). The average molecular weight is 242 g/mol. The van der Waals surface area contributed by atoms with Crippen molar-refractivity contribution in [3.8, 4) is 0 Å². The Kier molecular flexibility index (Phi) is 5.42. The van der Waals surface area contributed by atoms with Gasteiger partial charge in [-0.3, -0.25) is 4.90 Å². The zero-order valence-electron chi connectivity index (χ0n) is 12.2. The van der Waals surface area contributed by atoms with E-state index in [1.54, 1.807) is 0 Å². The largest absolute Gasteiger partial charge is 0.391 e.